The van der Waals surface area contributed by atoms with Gasteiger partial charge in [-0.1, -0.05) is 48.2 Å². The molecule has 0 saturated carbocycles. The van der Waals surface area contributed by atoms with E-state index in [0.717, 1.165) is 22.2 Å². The Kier molecular flexibility index (Phi) is 3.66. The van der Waals surface area contributed by atoms with E-state index >= 15 is 0 Å². The summed E-state index contributed by atoms with van der Waals surface area (Å²) >= 11 is 1.22. The lowest BCUT2D eigenvalue weighted by Crippen LogP contribution is -2.08. The number of hydrogen-bond acceptors (Lipinski definition) is 3. The van der Waals surface area contributed by atoms with Gasteiger partial charge in [0.2, 0.25) is 0 Å². The van der Waals surface area contributed by atoms with E-state index in [9.17, 15) is 9.90 Å². The summed E-state index contributed by atoms with van der Waals surface area (Å²) in [5.74, 6) is -0.872. The average molecular weight is 298 g/mol. The van der Waals surface area contributed by atoms with Gasteiger partial charge in [-0.25, -0.2) is 4.98 Å². The molecule has 0 radical (unpaired) electrons. The summed E-state index contributed by atoms with van der Waals surface area (Å²) in [4.78, 5) is 19.1. The van der Waals surface area contributed by atoms with Crippen LogP contribution in [-0.2, 0) is 4.79 Å². The van der Waals surface area contributed by atoms with Crippen LogP contribution in [0.25, 0.3) is 11.0 Å². The second kappa shape index (κ2) is 5.61. The molecule has 106 valence electrons. The van der Waals surface area contributed by atoms with E-state index in [1.807, 2.05) is 55.5 Å². The molecule has 5 heteroatoms. The molecule has 1 atom stereocenters. The summed E-state index contributed by atoms with van der Waals surface area (Å²) in [6.07, 6.45) is 0. The monoisotopic (exact) mass is 298 g/mol. The maximum Gasteiger partial charge on any atom is 0.321 e. The van der Waals surface area contributed by atoms with Crippen molar-refractivity contribution in [1.29, 1.82) is 0 Å². The smallest absolute Gasteiger partial charge is 0.321 e. The number of nitrogens with one attached hydrogen (secondary N) is 1. The Bertz CT molecular complexity index is 783. The van der Waals surface area contributed by atoms with E-state index in [2.05, 4.69) is 9.97 Å². The quantitative estimate of drug-likeness (QED) is 0.719. The minimum absolute atomic E-state index is 0.617. The third-order valence-corrected chi connectivity index (χ3v) is 4.30. The molecular formula is C16H14N2O2S. The summed E-state index contributed by atoms with van der Waals surface area (Å²) in [5, 5.41) is 9.39. The highest BCUT2D eigenvalue weighted by molar-refractivity contribution is 8.00. The van der Waals surface area contributed by atoms with Gasteiger partial charge in [-0.2, -0.15) is 0 Å². The zero-order valence-electron chi connectivity index (χ0n) is 11.4. The molecule has 4 nitrogen and oxygen atoms in total. The number of aliphatic carboxylic acids is 1. The minimum atomic E-state index is -0.872. The van der Waals surface area contributed by atoms with E-state index in [1.165, 1.54) is 11.8 Å². The number of H-pyrrole nitrogens is 1. The molecular weight excluding hydrogens is 284 g/mol. The predicted molar refractivity (Wildman–Crippen MR) is 83.5 cm³/mol. The van der Waals surface area contributed by atoms with Gasteiger partial charge in [0.05, 0.1) is 11.0 Å². The van der Waals surface area contributed by atoms with Crippen LogP contribution in [0.4, 0.5) is 0 Å². The van der Waals surface area contributed by atoms with Crippen LogP contribution in [-0.4, -0.2) is 21.0 Å². The number of imidazole rings is 1. The number of aromatic nitrogens is 2. The van der Waals surface area contributed by atoms with Gasteiger partial charge in [0.1, 0.15) is 5.25 Å². The van der Waals surface area contributed by atoms with Crippen molar-refractivity contribution in [3.8, 4) is 0 Å². The van der Waals surface area contributed by atoms with Gasteiger partial charge in [0.15, 0.2) is 5.16 Å². The summed E-state index contributed by atoms with van der Waals surface area (Å²) < 4.78 is 0. The number of aromatic amines is 1. The van der Waals surface area contributed by atoms with Crippen LogP contribution in [0.5, 0.6) is 0 Å². The maximum atomic E-state index is 11.5. The molecule has 0 aliphatic heterocycles. The first-order valence-electron chi connectivity index (χ1n) is 6.54. The van der Waals surface area contributed by atoms with E-state index in [1.54, 1.807) is 0 Å². The van der Waals surface area contributed by atoms with Crippen LogP contribution in [0.3, 0.4) is 0 Å². The van der Waals surface area contributed by atoms with Crippen LogP contribution in [0.2, 0.25) is 0 Å². The maximum absolute atomic E-state index is 11.5. The van der Waals surface area contributed by atoms with Crippen molar-refractivity contribution in [2.45, 2.75) is 17.3 Å². The lowest BCUT2D eigenvalue weighted by atomic mass is 10.1. The second-order valence-electron chi connectivity index (χ2n) is 4.81. The number of carboxylic acids is 1. The standard InChI is InChI=1S/C16H14N2O2S/c1-10-7-8-12-13(9-10)18-16(17-12)21-14(15(19)20)11-5-3-2-4-6-11/h2-9,14H,1H3,(H,17,18)(H,19,20)/t14-/m0/s1. The number of fused-ring (bicyclic) bond motifs is 1. The Labute approximate surface area is 126 Å². The molecule has 0 aliphatic carbocycles. The predicted octanol–water partition coefficient (Wildman–Crippen LogP) is 3.79. The fourth-order valence-electron chi connectivity index (χ4n) is 2.16. The largest absolute Gasteiger partial charge is 0.480 e. The molecule has 0 saturated heterocycles. The van der Waals surface area contributed by atoms with Crippen molar-refractivity contribution < 1.29 is 9.90 Å². The molecule has 0 bridgehead atoms. The molecule has 0 amide bonds. The van der Waals surface area contributed by atoms with E-state index in [-0.39, 0.29) is 0 Å². The molecule has 1 heterocycles. The molecule has 0 unspecified atom stereocenters. The SMILES string of the molecule is Cc1ccc2nc(S[C@H](C(=O)O)c3ccccc3)[nH]c2c1. The molecule has 0 fully saturated rings. The third-order valence-electron chi connectivity index (χ3n) is 3.17. The summed E-state index contributed by atoms with van der Waals surface area (Å²) in [6, 6.07) is 15.1. The van der Waals surface area contributed by atoms with Crippen molar-refractivity contribution in [2.24, 2.45) is 0 Å². The number of carbonyl (C=O) groups is 1. The zero-order chi connectivity index (χ0) is 14.8. The number of hydrogen-bond donors (Lipinski definition) is 2. The van der Waals surface area contributed by atoms with Gasteiger partial charge in [-0.15, -0.1) is 0 Å². The molecule has 3 aromatic rings. The van der Waals surface area contributed by atoms with Crippen molar-refractivity contribution in [3.05, 3.63) is 59.7 Å². The highest BCUT2D eigenvalue weighted by Crippen LogP contribution is 2.34. The molecule has 2 aromatic carbocycles. The highest BCUT2D eigenvalue weighted by Gasteiger charge is 2.22. The first-order chi connectivity index (χ1) is 10.1. The van der Waals surface area contributed by atoms with Crippen molar-refractivity contribution in [1.82, 2.24) is 9.97 Å². The van der Waals surface area contributed by atoms with E-state index < -0.39 is 11.2 Å². The number of aryl methyl sites for hydroxylation is 1. The van der Waals surface area contributed by atoms with Gasteiger partial charge in [-0.3, -0.25) is 4.79 Å². The Morgan fingerprint density at radius 2 is 2.00 bits per heavy atom. The fraction of sp³-hybridized carbons (Fsp3) is 0.125. The van der Waals surface area contributed by atoms with Crippen molar-refractivity contribution in [3.63, 3.8) is 0 Å². The fourth-order valence-corrected chi connectivity index (χ4v) is 3.09. The molecule has 21 heavy (non-hydrogen) atoms. The molecule has 0 spiro atoms. The summed E-state index contributed by atoms with van der Waals surface area (Å²) in [7, 11) is 0. The van der Waals surface area contributed by atoms with Crippen LogP contribution >= 0.6 is 11.8 Å². The number of thioether (sulfide) groups is 1. The summed E-state index contributed by atoms with van der Waals surface area (Å²) in [5.41, 5.74) is 3.67. The summed E-state index contributed by atoms with van der Waals surface area (Å²) in [6.45, 7) is 2.01. The number of benzene rings is 2. The number of carboxylic acid groups (broad SMARTS) is 1. The molecule has 2 N–H and O–H groups in total. The Balaban J connectivity index is 1.93. The zero-order valence-corrected chi connectivity index (χ0v) is 12.2. The van der Waals surface area contributed by atoms with Crippen molar-refractivity contribution in [2.75, 3.05) is 0 Å². The first-order valence-corrected chi connectivity index (χ1v) is 7.42. The van der Waals surface area contributed by atoms with Gasteiger partial charge in [0.25, 0.3) is 0 Å². The lowest BCUT2D eigenvalue weighted by Gasteiger charge is -2.10. The van der Waals surface area contributed by atoms with Crippen LogP contribution in [0.1, 0.15) is 16.4 Å². The van der Waals surface area contributed by atoms with Crippen LogP contribution < -0.4 is 0 Å². The molecule has 0 aliphatic rings. The van der Waals surface area contributed by atoms with Crippen LogP contribution in [0, 0.1) is 6.92 Å². The van der Waals surface area contributed by atoms with Gasteiger partial charge in [-0.05, 0) is 30.2 Å². The Morgan fingerprint density at radius 1 is 1.24 bits per heavy atom. The van der Waals surface area contributed by atoms with E-state index in [0.29, 0.717) is 5.16 Å². The van der Waals surface area contributed by atoms with E-state index in [4.69, 9.17) is 0 Å². The Hall–Kier alpha value is -2.27. The number of nitrogens with zero attached hydrogens (tertiary/aromatic N) is 1. The Morgan fingerprint density at radius 3 is 2.71 bits per heavy atom. The average Bonchev–Trinajstić information content (AvgIpc) is 2.87. The highest BCUT2D eigenvalue weighted by atomic mass is 32.2. The molecule has 1 aromatic heterocycles. The third kappa shape index (κ3) is 2.92. The first kappa shape index (κ1) is 13.7. The van der Waals surface area contributed by atoms with Gasteiger partial charge >= 0.3 is 5.97 Å². The van der Waals surface area contributed by atoms with Crippen LogP contribution in [0.15, 0.2) is 53.7 Å². The number of rotatable bonds is 4. The minimum Gasteiger partial charge on any atom is -0.480 e. The van der Waals surface area contributed by atoms with Gasteiger partial charge < -0.3 is 10.1 Å². The van der Waals surface area contributed by atoms with Gasteiger partial charge in [0, 0.05) is 0 Å². The lowest BCUT2D eigenvalue weighted by molar-refractivity contribution is -0.136. The second-order valence-corrected chi connectivity index (χ2v) is 5.90. The molecule has 3 rings (SSSR count). The topological polar surface area (TPSA) is 66.0 Å². The van der Waals surface area contributed by atoms with Crippen molar-refractivity contribution >= 4 is 28.8 Å². The normalized spacial score (nSPS) is 12.4.